The molecule has 164 valence electrons. The molecule has 3 heterocycles. The molecule has 1 amide bonds. The van der Waals surface area contributed by atoms with Crippen molar-refractivity contribution < 1.29 is 22.7 Å². The van der Waals surface area contributed by atoms with Crippen molar-refractivity contribution in [1.29, 1.82) is 0 Å². The fraction of sp³-hybridized carbons (Fsp3) is 0.381. The number of nitrogen functional groups attached to an aromatic ring is 1. The number of nitrogens with one attached hydrogen (secondary N) is 1. The number of ether oxygens (including phenoxy) is 1. The maximum Gasteiger partial charge on any atom is 0.417 e. The van der Waals surface area contributed by atoms with E-state index in [4.69, 9.17) is 10.5 Å². The van der Waals surface area contributed by atoms with Gasteiger partial charge in [-0.3, -0.25) is 9.89 Å². The Morgan fingerprint density at radius 3 is 2.71 bits per heavy atom. The van der Waals surface area contributed by atoms with Gasteiger partial charge in [0.15, 0.2) is 5.65 Å². The third-order valence-corrected chi connectivity index (χ3v) is 5.56. The molecule has 0 unspecified atom stereocenters. The highest BCUT2D eigenvalue weighted by Gasteiger charge is 2.37. The smallest absolute Gasteiger partial charge is 0.417 e. The van der Waals surface area contributed by atoms with Crippen LogP contribution in [0.15, 0.2) is 30.3 Å². The van der Waals surface area contributed by atoms with E-state index < -0.39 is 17.8 Å². The number of fused-ring (bicyclic) bond motifs is 1. The lowest BCUT2D eigenvalue weighted by molar-refractivity contribution is -0.136. The van der Waals surface area contributed by atoms with Crippen LogP contribution in [0.25, 0.3) is 11.0 Å². The SMILES string of the molecule is COc1ccc(CC(=O)N2CCCC[C@H]2c2cc(C(F)(F)F)c3c(N)[nH]nc3n2)cc1. The van der Waals surface area contributed by atoms with Gasteiger partial charge in [-0.2, -0.15) is 18.3 Å². The number of rotatable bonds is 4. The molecule has 1 aromatic carbocycles. The molecule has 10 heteroatoms. The van der Waals surface area contributed by atoms with Crippen molar-refractivity contribution in [3.8, 4) is 5.75 Å². The van der Waals surface area contributed by atoms with E-state index in [0.29, 0.717) is 18.7 Å². The molecule has 1 aliphatic heterocycles. The zero-order valence-corrected chi connectivity index (χ0v) is 16.9. The number of benzene rings is 1. The monoisotopic (exact) mass is 433 g/mol. The average molecular weight is 433 g/mol. The number of methoxy groups -OCH3 is 1. The van der Waals surface area contributed by atoms with Gasteiger partial charge in [0.1, 0.15) is 11.6 Å². The van der Waals surface area contributed by atoms with Gasteiger partial charge in [0.2, 0.25) is 5.91 Å². The minimum Gasteiger partial charge on any atom is -0.497 e. The number of pyridine rings is 1. The zero-order chi connectivity index (χ0) is 22.2. The first-order valence-corrected chi connectivity index (χ1v) is 9.92. The highest BCUT2D eigenvalue weighted by Crippen LogP contribution is 2.39. The largest absolute Gasteiger partial charge is 0.497 e. The Labute approximate surface area is 176 Å². The first-order chi connectivity index (χ1) is 14.8. The molecule has 0 aliphatic carbocycles. The number of anilines is 1. The lowest BCUT2D eigenvalue weighted by atomic mass is 9.96. The molecule has 2 aromatic heterocycles. The lowest BCUT2D eigenvalue weighted by Gasteiger charge is -2.35. The van der Waals surface area contributed by atoms with E-state index >= 15 is 0 Å². The van der Waals surface area contributed by atoms with Crippen molar-refractivity contribution >= 4 is 22.8 Å². The molecule has 1 saturated heterocycles. The lowest BCUT2D eigenvalue weighted by Crippen LogP contribution is -2.39. The van der Waals surface area contributed by atoms with Gasteiger partial charge in [-0.05, 0) is 43.0 Å². The number of nitrogens with zero attached hydrogens (tertiary/aromatic N) is 3. The van der Waals surface area contributed by atoms with Crippen LogP contribution in [0, 0.1) is 0 Å². The van der Waals surface area contributed by atoms with E-state index in [-0.39, 0.29) is 34.9 Å². The van der Waals surface area contributed by atoms with E-state index in [9.17, 15) is 18.0 Å². The molecule has 3 aromatic rings. The molecule has 0 saturated carbocycles. The predicted octanol–water partition coefficient (Wildman–Crippen LogP) is 3.86. The first-order valence-electron chi connectivity index (χ1n) is 9.92. The summed E-state index contributed by atoms with van der Waals surface area (Å²) >= 11 is 0. The third kappa shape index (κ3) is 4.14. The first kappa shape index (κ1) is 21.0. The number of piperidine rings is 1. The van der Waals surface area contributed by atoms with E-state index in [1.807, 2.05) is 0 Å². The van der Waals surface area contributed by atoms with E-state index in [1.165, 1.54) is 0 Å². The molecule has 3 N–H and O–H groups in total. The Morgan fingerprint density at radius 2 is 2.03 bits per heavy atom. The number of carbonyl (C=O) groups excluding carboxylic acids is 1. The van der Waals surface area contributed by atoms with Gasteiger partial charge in [0.25, 0.3) is 0 Å². The number of nitrogens with two attached hydrogens (primary N) is 1. The number of halogens is 3. The summed E-state index contributed by atoms with van der Waals surface area (Å²) in [5, 5.41) is 5.95. The maximum atomic E-state index is 13.7. The quantitative estimate of drug-likeness (QED) is 0.651. The number of aromatic nitrogens is 3. The van der Waals surface area contributed by atoms with Crippen molar-refractivity contribution in [2.45, 2.75) is 37.9 Å². The molecule has 0 spiro atoms. The van der Waals surface area contributed by atoms with Crippen LogP contribution in [0.2, 0.25) is 0 Å². The number of amides is 1. The van der Waals surface area contributed by atoms with E-state index in [1.54, 1.807) is 36.3 Å². The van der Waals surface area contributed by atoms with Crippen LogP contribution >= 0.6 is 0 Å². The third-order valence-electron chi connectivity index (χ3n) is 5.56. The standard InChI is InChI=1S/C21H22F3N5O2/c1-31-13-7-5-12(6-8-13)10-17(30)29-9-3-2-4-16(29)15-11-14(21(22,23)24)18-19(25)27-28-20(18)26-15/h5-8,11,16H,2-4,9-10H2,1H3,(H3,25,26,27,28)/t16-/m0/s1. The second-order valence-electron chi connectivity index (χ2n) is 7.55. The van der Waals surface area contributed by atoms with E-state index in [2.05, 4.69) is 15.2 Å². The van der Waals surface area contributed by atoms with Crippen LogP contribution in [0.1, 0.15) is 42.1 Å². The van der Waals surface area contributed by atoms with Gasteiger partial charge in [0.05, 0.1) is 36.2 Å². The summed E-state index contributed by atoms with van der Waals surface area (Å²) in [6, 6.07) is 7.58. The summed E-state index contributed by atoms with van der Waals surface area (Å²) in [4.78, 5) is 19.0. The topological polar surface area (TPSA) is 97.1 Å². The molecule has 4 rings (SSSR count). The summed E-state index contributed by atoms with van der Waals surface area (Å²) in [5.41, 5.74) is 5.63. The fourth-order valence-electron chi connectivity index (χ4n) is 4.02. The highest BCUT2D eigenvalue weighted by molar-refractivity contribution is 5.90. The second-order valence-corrected chi connectivity index (χ2v) is 7.55. The summed E-state index contributed by atoms with van der Waals surface area (Å²) < 4.78 is 46.3. The number of alkyl halides is 3. The average Bonchev–Trinajstić information content (AvgIpc) is 3.13. The van der Waals surface area contributed by atoms with E-state index in [0.717, 1.165) is 24.5 Å². The van der Waals surface area contributed by atoms with Crippen molar-refractivity contribution in [2.24, 2.45) is 0 Å². The minimum atomic E-state index is -4.62. The van der Waals surface area contributed by atoms with Crippen LogP contribution in [-0.2, 0) is 17.4 Å². The van der Waals surface area contributed by atoms with Crippen LogP contribution in [0.5, 0.6) is 5.75 Å². The Morgan fingerprint density at radius 1 is 1.29 bits per heavy atom. The number of hydrogen-bond acceptors (Lipinski definition) is 5. The number of likely N-dealkylation sites (tertiary alicyclic amines) is 1. The Bertz CT molecular complexity index is 1090. The Balaban J connectivity index is 1.66. The van der Waals surface area contributed by atoms with Crippen molar-refractivity contribution in [2.75, 3.05) is 19.4 Å². The van der Waals surface area contributed by atoms with Gasteiger partial charge in [-0.1, -0.05) is 12.1 Å². The second kappa shape index (κ2) is 8.09. The molecule has 7 nitrogen and oxygen atoms in total. The molecule has 1 fully saturated rings. The van der Waals surface area contributed by atoms with Gasteiger partial charge >= 0.3 is 6.18 Å². The van der Waals surface area contributed by atoms with Crippen LogP contribution in [0.3, 0.4) is 0 Å². The summed E-state index contributed by atoms with van der Waals surface area (Å²) in [6.45, 7) is 0.462. The molecular weight excluding hydrogens is 411 g/mol. The molecule has 0 radical (unpaired) electrons. The number of aromatic amines is 1. The fourth-order valence-corrected chi connectivity index (χ4v) is 4.02. The van der Waals surface area contributed by atoms with Gasteiger partial charge in [-0.25, -0.2) is 4.98 Å². The molecule has 1 atom stereocenters. The summed E-state index contributed by atoms with van der Waals surface area (Å²) in [6.07, 6.45) is -2.37. The van der Waals surface area contributed by atoms with Crippen molar-refractivity contribution in [3.05, 3.63) is 47.2 Å². The van der Waals surface area contributed by atoms with Crippen LogP contribution < -0.4 is 10.5 Å². The zero-order valence-electron chi connectivity index (χ0n) is 16.9. The Hall–Kier alpha value is -3.30. The molecule has 31 heavy (non-hydrogen) atoms. The van der Waals surface area contributed by atoms with Crippen LogP contribution in [0.4, 0.5) is 19.0 Å². The number of carbonyl (C=O) groups is 1. The Kier molecular flexibility index (Phi) is 5.47. The summed E-state index contributed by atoms with van der Waals surface area (Å²) in [5.74, 6) is 0.340. The molecule has 1 aliphatic rings. The van der Waals surface area contributed by atoms with Gasteiger partial charge in [-0.15, -0.1) is 0 Å². The highest BCUT2D eigenvalue weighted by atomic mass is 19.4. The van der Waals surface area contributed by atoms with Gasteiger partial charge in [0, 0.05) is 6.54 Å². The number of hydrogen-bond donors (Lipinski definition) is 2. The summed E-state index contributed by atoms with van der Waals surface area (Å²) in [7, 11) is 1.56. The van der Waals surface area contributed by atoms with Crippen molar-refractivity contribution in [1.82, 2.24) is 20.1 Å². The van der Waals surface area contributed by atoms with Crippen molar-refractivity contribution in [3.63, 3.8) is 0 Å². The van der Waals surface area contributed by atoms with Gasteiger partial charge < -0.3 is 15.4 Å². The molecule has 0 bridgehead atoms. The predicted molar refractivity (Wildman–Crippen MR) is 108 cm³/mol. The normalized spacial score (nSPS) is 17.2. The number of H-pyrrole nitrogens is 1. The minimum absolute atomic E-state index is 0.101. The maximum absolute atomic E-state index is 13.7. The molecular formula is C21H22F3N5O2. The van der Waals surface area contributed by atoms with Crippen LogP contribution in [-0.4, -0.2) is 39.6 Å².